The number of hydrogen-bond donors (Lipinski definition) is 0. The highest BCUT2D eigenvalue weighted by Crippen LogP contribution is 2.30. The highest BCUT2D eigenvalue weighted by atomic mass is 16.7. The van der Waals surface area contributed by atoms with E-state index < -0.39 is 17.7 Å². The monoisotopic (exact) mass is 324 g/mol. The second-order valence-corrected chi connectivity index (χ2v) is 5.51. The van der Waals surface area contributed by atoms with Crippen molar-refractivity contribution in [3.63, 3.8) is 0 Å². The summed E-state index contributed by atoms with van der Waals surface area (Å²) >= 11 is 0. The maximum Gasteiger partial charge on any atom is 0.348 e. The fourth-order valence-corrected chi connectivity index (χ4v) is 2.38. The van der Waals surface area contributed by atoms with Crippen molar-refractivity contribution in [2.75, 3.05) is 21.3 Å². The lowest BCUT2D eigenvalue weighted by Gasteiger charge is -2.30. The Bertz CT molecular complexity index is 588. The largest absolute Gasteiger partial charge is 0.498 e. The molecule has 0 aromatic rings. The Labute approximate surface area is 134 Å². The van der Waals surface area contributed by atoms with E-state index >= 15 is 0 Å². The second-order valence-electron chi connectivity index (χ2n) is 5.51. The standard InChI is InChI=1S/C16H20O7/c1-16(2)22-14(17)10(15(18)23-16)6-9-7-12(20-4)13(21-5)8-11(9)19-3/h6,8,12H,7H2,1-5H3. The molecule has 1 aliphatic carbocycles. The molecule has 23 heavy (non-hydrogen) atoms. The molecule has 7 heteroatoms. The third-order valence-corrected chi connectivity index (χ3v) is 3.49. The molecule has 2 aliphatic rings. The SMILES string of the molecule is COC1=CC(OC)=C(C=C2C(=O)OC(C)(C)OC2=O)CC1OC. The summed E-state index contributed by atoms with van der Waals surface area (Å²) in [5.74, 6) is -1.65. The molecule has 0 aromatic carbocycles. The van der Waals surface area contributed by atoms with Crippen LogP contribution in [0.15, 0.2) is 34.8 Å². The molecular weight excluding hydrogens is 304 g/mol. The van der Waals surface area contributed by atoms with Crippen molar-refractivity contribution < 1.29 is 33.3 Å². The minimum atomic E-state index is -1.27. The average Bonchev–Trinajstić information content (AvgIpc) is 2.49. The quantitative estimate of drug-likeness (QED) is 0.441. The summed E-state index contributed by atoms with van der Waals surface area (Å²) in [6.07, 6.45) is 3.12. The molecule has 0 N–H and O–H groups in total. The third kappa shape index (κ3) is 3.56. The van der Waals surface area contributed by atoms with Crippen LogP contribution in [-0.4, -0.2) is 45.2 Å². The van der Waals surface area contributed by atoms with Gasteiger partial charge in [-0.3, -0.25) is 0 Å². The Balaban J connectivity index is 2.39. The van der Waals surface area contributed by atoms with Crippen LogP contribution in [0, 0.1) is 0 Å². The average molecular weight is 324 g/mol. The molecule has 1 atom stereocenters. The van der Waals surface area contributed by atoms with Gasteiger partial charge in [0.1, 0.15) is 23.2 Å². The highest BCUT2D eigenvalue weighted by Gasteiger charge is 2.39. The van der Waals surface area contributed by atoms with Crippen molar-refractivity contribution in [1.82, 2.24) is 0 Å². The van der Waals surface area contributed by atoms with Crippen LogP contribution in [-0.2, 0) is 33.3 Å². The minimum Gasteiger partial charge on any atom is -0.498 e. The molecular formula is C16H20O7. The first kappa shape index (κ1) is 17.1. The topological polar surface area (TPSA) is 80.3 Å². The van der Waals surface area contributed by atoms with Crippen LogP contribution in [0.3, 0.4) is 0 Å². The van der Waals surface area contributed by atoms with E-state index in [9.17, 15) is 9.59 Å². The van der Waals surface area contributed by atoms with E-state index in [2.05, 4.69) is 0 Å². The molecule has 0 bridgehead atoms. The molecule has 1 fully saturated rings. The van der Waals surface area contributed by atoms with Crippen LogP contribution in [0.4, 0.5) is 0 Å². The van der Waals surface area contributed by atoms with Gasteiger partial charge in [0.2, 0.25) is 0 Å². The van der Waals surface area contributed by atoms with Gasteiger partial charge < -0.3 is 23.7 Å². The zero-order valence-corrected chi connectivity index (χ0v) is 13.8. The number of carbonyl (C=O) groups excluding carboxylic acids is 2. The summed E-state index contributed by atoms with van der Waals surface area (Å²) in [5.41, 5.74) is 0.432. The number of rotatable bonds is 4. The van der Waals surface area contributed by atoms with E-state index in [1.165, 1.54) is 34.1 Å². The molecule has 2 rings (SSSR count). The van der Waals surface area contributed by atoms with Gasteiger partial charge in [-0.1, -0.05) is 0 Å². The molecule has 1 aliphatic heterocycles. The van der Waals surface area contributed by atoms with Crippen LogP contribution in [0.1, 0.15) is 20.3 Å². The Morgan fingerprint density at radius 1 is 1.13 bits per heavy atom. The number of carbonyl (C=O) groups is 2. The second kappa shape index (κ2) is 6.45. The molecule has 126 valence electrons. The fraction of sp³-hybridized carbons (Fsp3) is 0.500. The number of allylic oxidation sites excluding steroid dienone is 2. The van der Waals surface area contributed by atoms with Gasteiger partial charge in [0.15, 0.2) is 0 Å². The first-order valence-corrected chi connectivity index (χ1v) is 7.05. The number of esters is 2. The van der Waals surface area contributed by atoms with E-state index in [1.54, 1.807) is 13.2 Å². The summed E-state index contributed by atoms with van der Waals surface area (Å²) in [6.45, 7) is 2.99. The van der Waals surface area contributed by atoms with Crippen LogP contribution in [0.2, 0.25) is 0 Å². The summed E-state index contributed by atoms with van der Waals surface area (Å²) in [5, 5.41) is 0. The van der Waals surface area contributed by atoms with Crippen molar-refractivity contribution in [3.05, 3.63) is 34.8 Å². The van der Waals surface area contributed by atoms with Gasteiger partial charge in [0.25, 0.3) is 5.79 Å². The van der Waals surface area contributed by atoms with Crippen molar-refractivity contribution >= 4 is 11.9 Å². The molecule has 1 unspecified atom stereocenters. The Morgan fingerprint density at radius 2 is 1.74 bits per heavy atom. The lowest BCUT2D eigenvalue weighted by Crippen LogP contribution is -2.41. The van der Waals surface area contributed by atoms with E-state index in [0.29, 0.717) is 23.5 Å². The van der Waals surface area contributed by atoms with Crippen molar-refractivity contribution in [2.24, 2.45) is 0 Å². The van der Waals surface area contributed by atoms with E-state index in [4.69, 9.17) is 23.7 Å². The summed E-state index contributed by atoms with van der Waals surface area (Å²) < 4.78 is 26.1. The molecule has 1 saturated heterocycles. The molecule has 0 radical (unpaired) electrons. The fourth-order valence-electron chi connectivity index (χ4n) is 2.38. The zero-order chi connectivity index (χ0) is 17.2. The summed E-state index contributed by atoms with van der Waals surface area (Å²) in [4.78, 5) is 24.1. The highest BCUT2D eigenvalue weighted by molar-refractivity contribution is 6.15. The molecule has 0 aromatic heterocycles. The van der Waals surface area contributed by atoms with Crippen molar-refractivity contribution in [3.8, 4) is 0 Å². The zero-order valence-electron chi connectivity index (χ0n) is 13.8. The molecule has 0 spiro atoms. The molecule has 0 amide bonds. The Morgan fingerprint density at radius 3 is 2.22 bits per heavy atom. The first-order chi connectivity index (χ1) is 10.8. The summed E-state index contributed by atoms with van der Waals surface area (Å²) in [7, 11) is 4.57. The van der Waals surface area contributed by atoms with Crippen LogP contribution in [0.5, 0.6) is 0 Å². The number of methoxy groups -OCH3 is 3. The minimum absolute atomic E-state index is 0.182. The van der Waals surface area contributed by atoms with Gasteiger partial charge in [-0.2, -0.15) is 0 Å². The van der Waals surface area contributed by atoms with Gasteiger partial charge >= 0.3 is 11.9 Å². The van der Waals surface area contributed by atoms with E-state index in [1.807, 2.05) is 0 Å². The predicted octanol–water partition coefficient (Wildman–Crippen LogP) is 1.60. The maximum absolute atomic E-state index is 12.0. The third-order valence-electron chi connectivity index (χ3n) is 3.49. The van der Waals surface area contributed by atoms with Crippen LogP contribution >= 0.6 is 0 Å². The Kier molecular flexibility index (Phi) is 4.79. The van der Waals surface area contributed by atoms with E-state index in [-0.39, 0.29) is 11.7 Å². The normalized spacial score (nSPS) is 23.8. The van der Waals surface area contributed by atoms with Crippen molar-refractivity contribution in [2.45, 2.75) is 32.2 Å². The van der Waals surface area contributed by atoms with Crippen LogP contribution < -0.4 is 0 Å². The van der Waals surface area contributed by atoms with Gasteiger partial charge in [0.05, 0.1) is 14.2 Å². The molecule has 0 saturated carbocycles. The lowest BCUT2D eigenvalue weighted by atomic mass is 9.97. The van der Waals surface area contributed by atoms with Gasteiger partial charge in [-0.05, 0) is 11.6 Å². The number of cyclic esters (lactones) is 2. The van der Waals surface area contributed by atoms with Gasteiger partial charge in [0, 0.05) is 33.5 Å². The smallest absolute Gasteiger partial charge is 0.348 e. The molecule has 1 heterocycles. The lowest BCUT2D eigenvalue weighted by molar-refractivity contribution is -0.222. The van der Waals surface area contributed by atoms with E-state index in [0.717, 1.165) is 0 Å². The Hall–Kier alpha value is -2.28. The number of hydrogen-bond acceptors (Lipinski definition) is 7. The van der Waals surface area contributed by atoms with Crippen molar-refractivity contribution in [1.29, 1.82) is 0 Å². The first-order valence-electron chi connectivity index (χ1n) is 7.05. The van der Waals surface area contributed by atoms with Gasteiger partial charge in [-0.15, -0.1) is 0 Å². The predicted molar refractivity (Wildman–Crippen MR) is 78.9 cm³/mol. The summed E-state index contributed by atoms with van der Waals surface area (Å²) in [6, 6.07) is 0. The number of ether oxygens (including phenoxy) is 5. The van der Waals surface area contributed by atoms with Gasteiger partial charge in [-0.25, -0.2) is 9.59 Å². The maximum atomic E-state index is 12.0. The molecule has 7 nitrogen and oxygen atoms in total. The van der Waals surface area contributed by atoms with Crippen LogP contribution in [0.25, 0.3) is 0 Å².